The van der Waals surface area contributed by atoms with Crippen LogP contribution in [-0.2, 0) is 4.79 Å². The van der Waals surface area contributed by atoms with Gasteiger partial charge in [-0.2, -0.15) is 0 Å². The highest BCUT2D eigenvalue weighted by Crippen LogP contribution is 2.18. The van der Waals surface area contributed by atoms with Crippen molar-refractivity contribution in [3.8, 4) is 0 Å². The first-order chi connectivity index (χ1) is 12.0. The molecule has 0 saturated carbocycles. The van der Waals surface area contributed by atoms with Gasteiger partial charge in [-0.25, -0.2) is 9.78 Å². The lowest BCUT2D eigenvalue weighted by atomic mass is 10.3. The van der Waals surface area contributed by atoms with Crippen molar-refractivity contribution < 1.29 is 9.59 Å². The fourth-order valence-electron chi connectivity index (χ4n) is 2.27. The minimum absolute atomic E-state index is 0.0380. The van der Waals surface area contributed by atoms with Crippen LogP contribution in [0.25, 0.3) is 5.65 Å². The van der Waals surface area contributed by atoms with E-state index in [1.165, 1.54) is 11.8 Å². The number of aromatic nitrogens is 4. The number of rotatable bonds is 4. The van der Waals surface area contributed by atoms with Crippen LogP contribution in [0.5, 0.6) is 0 Å². The van der Waals surface area contributed by atoms with Gasteiger partial charge in [-0.1, -0.05) is 30.0 Å². The Morgan fingerprint density at radius 2 is 1.92 bits per heavy atom. The molecule has 2 N–H and O–H groups in total. The lowest BCUT2D eigenvalue weighted by Crippen LogP contribution is -2.35. The van der Waals surface area contributed by atoms with Crippen LogP contribution in [0.4, 0.5) is 10.5 Å². The molecule has 128 valence electrons. The van der Waals surface area contributed by atoms with E-state index in [1.807, 2.05) is 26.0 Å². The lowest BCUT2D eigenvalue weighted by Gasteiger charge is -2.06. The summed E-state index contributed by atoms with van der Waals surface area (Å²) in [5.74, 6) is 0.355. The van der Waals surface area contributed by atoms with Crippen LogP contribution in [0, 0.1) is 13.8 Å². The van der Waals surface area contributed by atoms with Gasteiger partial charge in [0, 0.05) is 17.4 Å². The maximum Gasteiger partial charge on any atom is 0.325 e. The molecular formula is C16H16N6O2S. The molecule has 0 saturated heterocycles. The molecule has 3 amide bonds. The van der Waals surface area contributed by atoms with Crippen molar-refractivity contribution in [2.24, 2.45) is 0 Å². The summed E-state index contributed by atoms with van der Waals surface area (Å²) in [5.41, 5.74) is 2.14. The van der Waals surface area contributed by atoms with Crippen LogP contribution >= 0.6 is 11.8 Å². The molecule has 0 aliphatic heterocycles. The van der Waals surface area contributed by atoms with E-state index in [0.29, 0.717) is 16.5 Å². The van der Waals surface area contributed by atoms with Gasteiger partial charge in [0.15, 0.2) is 10.8 Å². The average Bonchev–Trinajstić information content (AvgIpc) is 2.97. The Bertz CT molecular complexity index is 925. The van der Waals surface area contributed by atoms with E-state index < -0.39 is 11.9 Å². The van der Waals surface area contributed by atoms with Crippen LogP contribution in [0.15, 0.2) is 41.6 Å². The average molecular weight is 356 g/mol. The van der Waals surface area contributed by atoms with Crippen molar-refractivity contribution in [3.63, 3.8) is 0 Å². The number of carbonyl (C=O) groups excluding carboxylic acids is 2. The molecule has 0 radical (unpaired) electrons. The zero-order valence-corrected chi connectivity index (χ0v) is 14.5. The van der Waals surface area contributed by atoms with Gasteiger partial charge < -0.3 is 5.32 Å². The molecule has 0 atom stereocenters. The molecule has 9 heteroatoms. The first-order valence-electron chi connectivity index (χ1n) is 7.51. The molecule has 8 nitrogen and oxygen atoms in total. The third kappa shape index (κ3) is 4.13. The summed E-state index contributed by atoms with van der Waals surface area (Å²) < 4.78 is 1.77. The molecule has 0 bridgehead atoms. The van der Waals surface area contributed by atoms with Crippen molar-refractivity contribution in [3.05, 3.63) is 47.9 Å². The number of anilines is 1. The monoisotopic (exact) mass is 356 g/mol. The predicted molar refractivity (Wildman–Crippen MR) is 94.6 cm³/mol. The third-order valence-electron chi connectivity index (χ3n) is 3.28. The summed E-state index contributed by atoms with van der Waals surface area (Å²) in [4.78, 5) is 28.1. The molecule has 0 aliphatic carbocycles. The second-order valence-electron chi connectivity index (χ2n) is 5.28. The van der Waals surface area contributed by atoms with Crippen LogP contribution in [0.3, 0.4) is 0 Å². The second kappa shape index (κ2) is 7.31. The van der Waals surface area contributed by atoms with Gasteiger partial charge in [0.1, 0.15) is 5.82 Å². The van der Waals surface area contributed by atoms with Crippen molar-refractivity contribution in [1.82, 2.24) is 24.9 Å². The Labute approximate surface area is 148 Å². The zero-order valence-electron chi connectivity index (χ0n) is 13.7. The van der Waals surface area contributed by atoms with Crippen molar-refractivity contribution in [2.75, 3.05) is 11.1 Å². The van der Waals surface area contributed by atoms with E-state index in [9.17, 15) is 9.59 Å². The fourth-order valence-corrected chi connectivity index (χ4v) is 3.06. The minimum atomic E-state index is -0.573. The van der Waals surface area contributed by atoms with Crippen LogP contribution < -0.4 is 10.6 Å². The van der Waals surface area contributed by atoms with Gasteiger partial charge >= 0.3 is 6.03 Å². The van der Waals surface area contributed by atoms with E-state index in [4.69, 9.17) is 0 Å². The van der Waals surface area contributed by atoms with E-state index in [1.54, 1.807) is 28.7 Å². The molecule has 2 aromatic heterocycles. The van der Waals surface area contributed by atoms with E-state index in [2.05, 4.69) is 25.8 Å². The maximum atomic E-state index is 11.9. The summed E-state index contributed by atoms with van der Waals surface area (Å²) in [7, 11) is 0. The molecule has 0 spiro atoms. The number of hydrogen-bond donors (Lipinski definition) is 2. The van der Waals surface area contributed by atoms with Gasteiger partial charge in [-0.15, -0.1) is 10.2 Å². The number of amides is 3. The number of hydrogen-bond acceptors (Lipinski definition) is 6. The summed E-state index contributed by atoms with van der Waals surface area (Å²) in [6.07, 6.45) is 0. The van der Waals surface area contributed by atoms with Gasteiger partial charge in [-0.05, 0) is 26.0 Å². The smallest absolute Gasteiger partial charge is 0.308 e. The number of fused-ring (bicyclic) bond motifs is 1. The van der Waals surface area contributed by atoms with Crippen LogP contribution in [0.1, 0.15) is 11.5 Å². The number of thioether (sulfide) groups is 1. The normalized spacial score (nSPS) is 10.6. The largest absolute Gasteiger partial charge is 0.325 e. The summed E-state index contributed by atoms with van der Waals surface area (Å²) in [6.45, 7) is 3.73. The standard InChI is InChI=1S/C16H16N6O2S/c1-10-8-13-20-21-16(22(13)11(2)17-10)25-9-14(23)19-15(24)18-12-6-4-3-5-7-12/h3-8H,9H2,1-2H3,(H2,18,19,23,24). The number of aryl methyl sites for hydroxylation is 2. The Morgan fingerprint density at radius 1 is 1.16 bits per heavy atom. The highest BCUT2D eigenvalue weighted by Gasteiger charge is 2.13. The highest BCUT2D eigenvalue weighted by molar-refractivity contribution is 7.99. The van der Waals surface area contributed by atoms with E-state index >= 15 is 0 Å². The number of para-hydroxylation sites is 1. The second-order valence-corrected chi connectivity index (χ2v) is 6.22. The summed E-state index contributed by atoms with van der Waals surface area (Å²) >= 11 is 1.19. The molecule has 0 fully saturated rings. The molecule has 0 aliphatic rings. The number of carbonyl (C=O) groups is 2. The Balaban J connectivity index is 1.58. The maximum absolute atomic E-state index is 11.9. The van der Waals surface area contributed by atoms with Gasteiger partial charge in [-0.3, -0.25) is 14.5 Å². The first kappa shape index (κ1) is 16.9. The fraction of sp³-hybridized carbons (Fsp3) is 0.188. The van der Waals surface area contributed by atoms with Crippen molar-refractivity contribution in [2.45, 2.75) is 19.0 Å². The molecular weight excluding hydrogens is 340 g/mol. The van der Waals surface area contributed by atoms with E-state index in [-0.39, 0.29) is 5.75 Å². The molecule has 1 aromatic carbocycles. The Kier molecular flexibility index (Phi) is 4.94. The quantitative estimate of drug-likeness (QED) is 0.695. The molecule has 2 heterocycles. The van der Waals surface area contributed by atoms with Crippen molar-refractivity contribution in [1.29, 1.82) is 0 Å². The first-order valence-corrected chi connectivity index (χ1v) is 8.49. The van der Waals surface area contributed by atoms with E-state index in [0.717, 1.165) is 11.5 Å². The zero-order chi connectivity index (χ0) is 17.8. The number of imide groups is 1. The Morgan fingerprint density at radius 3 is 2.68 bits per heavy atom. The summed E-state index contributed by atoms with van der Waals surface area (Å²) in [5, 5.41) is 13.6. The number of nitrogens with zero attached hydrogens (tertiary/aromatic N) is 4. The Hall–Kier alpha value is -2.94. The molecule has 3 rings (SSSR count). The molecule has 25 heavy (non-hydrogen) atoms. The number of benzene rings is 1. The van der Waals surface area contributed by atoms with Crippen LogP contribution in [0.2, 0.25) is 0 Å². The minimum Gasteiger partial charge on any atom is -0.308 e. The lowest BCUT2D eigenvalue weighted by molar-refractivity contribution is -0.117. The van der Waals surface area contributed by atoms with Crippen LogP contribution in [-0.4, -0.2) is 37.3 Å². The topological polar surface area (TPSA) is 101 Å². The summed E-state index contributed by atoms with van der Waals surface area (Å²) in [6, 6.07) is 10.1. The van der Waals surface area contributed by atoms with Gasteiger partial charge in [0.25, 0.3) is 0 Å². The highest BCUT2D eigenvalue weighted by atomic mass is 32.2. The third-order valence-corrected chi connectivity index (χ3v) is 4.20. The van der Waals surface area contributed by atoms with Gasteiger partial charge in [0.2, 0.25) is 5.91 Å². The molecule has 3 aromatic rings. The number of nitrogens with one attached hydrogen (secondary N) is 2. The molecule has 0 unspecified atom stereocenters. The number of urea groups is 1. The SMILES string of the molecule is Cc1cc2nnc(SCC(=O)NC(=O)Nc3ccccc3)n2c(C)n1. The van der Waals surface area contributed by atoms with Crippen molar-refractivity contribution >= 4 is 35.0 Å². The predicted octanol–water partition coefficient (Wildman–Crippen LogP) is 2.18. The van der Waals surface area contributed by atoms with Gasteiger partial charge in [0.05, 0.1) is 5.75 Å².